The molecule has 2 atom stereocenters. The number of Topliss-reactive ketones (excluding diaryl/α,β-unsaturated/α-hetero) is 1. The maximum Gasteiger partial charge on any atom is 0.162 e. The summed E-state index contributed by atoms with van der Waals surface area (Å²) in [5, 5.41) is 20.3. The summed E-state index contributed by atoms with van der Waals surface area (Å²) < 4.78 is 0. The summed E-state index contributed by atoms with van der Waals surface area (Å²) in [6.45, 7) is 12.5. The SMILES string of the molecule is C=C(CCC1C(C)CCCC1(C)C)C(=O)Cc1c(O)cc(C)c(C=O)c1O. The fraction of sp³-hybridized carbons (Fsp3) is 0.565. The van der Waals surface area contributed by atoms with E-state index in [2.05, 4.69) is 27.4 Å². The Hall–Kier alpha value is -2.10. The summed E-state index contributed by atoms with van der Waals surface area (Å²) in [6.07, 6.45) is 5.63. The molecule has 27 heavy (non-hydrogen) atoms. The molecule has 0 aromatic heterocycles. The lowest BCUT2D eigenvalue weighted by Gasteiger charge is -2.43. The van der Waals surface area contributed by atoms with Crippen molar-refractivity contribution in [2.24, 2.45) is 17.3 Å². The van der Waals surface area contributed by atoms with Gasteiger partial charge in [-0.2, -0.15) is 0 Å². The van der Waals surface area contributed by atoms with Crippen molar-refractivity contribution in [3.63, 3.8) is 0 Å². The molecule has 2 rings (SSSR count). The highest BCUT2D eigenvalue weighted by Crippen LogP contribution is 2.46. The van der Waals surface area contributed by atoms with E-state index in [1.54, 1.807) is 6.92 Å². The van der Waals surface area contributed by atoms with Crippen LogP contribution in [0.15, 0.2) is 18.2 Å². The average molecular weight is 373 g/mol. The number of aldehydes is 1. The summed E-state index contributed by atoms with van der Waals surface area (Å²) in [4.78, 5) is 23.8. The van der Waals surface area contributed by atoms with Crippen LogP contribution in [0.5, 0.6) is 11.5 Å². The molecule has 1 aromatic rings. The first-order chi connectivity index (χ1) is 12.6. The van der Waals surface area contributed by atoms with Gasteiger partial charge in [-0.1, -0.05) is 40.2 Å². The van der Waals surface area contributed by atoms with Crippen LogP contribution in [0.1, 0.15) is 74.4 Å². The molecule has 0 spiro atoms. The minimum absolute atomic E-state index is 0.0974. The fourth-order valence-electron chi connectivity index (χ4n) is 4.63. The van der Waals surface area contributed by atoms with Gasteiger partial charge in [-0.15, -0.1) is 0 Å². The predicted octanol–water partition coefficient (Wildman–Crippen LogP) is 5.13. The highest BCUT2D eigenvalue weighted by atomic mass is 16.3. The van der Waals surface area contributed by atoms with Gasteiger partial charge in [0.2, 0.25) is 0 Å². The number of aromatic hydroxyl groups is 2. The Bertz CT molecular complexity index is 745. The summed E-state index contributed by atoms with van der Waals surface area (Å²) >= 11 is 0. The van der Waals surface area contributed by atoms with Gasteiger partial charge in [0.25, 0.3) is 0 Å². The lowest BCUT2D eigenvalue weighted by molar-refractivity contribution is -0.115. The largest absolute Gasteiger partial charge is 0.508 e. The van der Waals surface area contributed by atoms with Crippen LogP contribution in [-0.4, -0.2) is 22.3 Å². The zero-order valence-electron chi connectivity index (χ0n) is 17.0. The molecule has 0 saturated heterocycles. The lowest BCUT2D eigenvalue weighted by Crippen LogP contribution is -2.33. The number of aryl methyl sites for hydroxylation is 1. The highest BCUT2D eigenvalue weighted by molar-refractivity contribution is 5.97. The molecular formula is C23H32O4. The summed E-state index contributed by atoms with van der Waals surface area (Å²) in [5.74, 6) is 0.502. The van der Waals surface area contributed by atoms with Crippen LogP contribution in [0.4, 0.5) is 0 Å². The predicted molar refractivity (Wildman–Crippen MR) is 107 cm³/mol. The Morgan fingerprint density at radius 2 is 2.04 bits per heavy atom. The quantitative estimate of drug-likeness (QED) is 0.514. The van der Waals surface area contributed by atoms with Crippen molar-refractivity contribution in [2.45, 2.75) is 66.2 Å². The second kappa shape index (κ2) is 8.28. The lowest BCUT2D eigenvalue weighted by atomic mass is 9.62. The van der Waals surface area contributed by atoms with E-state index in [9.17, 15) is 19.8 Å². The first kappa shape index (κ1) is 21.2. The molecule has 0 amide bonds. The zero-order chi connectivity index (χ0) is 20.4. The minimum Gasteiger partial charge on any atom is -0.508 e. The van der Waals surface area contributed by atoms with Gasteiger partial charge in [-0.05, 0) is 60.6 Å². The van der Waals surface area contributed by atoms with E-state index >= 15 is 0 Å². The molecule has 0 heterocycles. The van der Waals surface area contributed by atoms with Crippen LogP contribution >= 0.6 is 0 Å². The molecule has 1 aromatic carbocycles. The van der Waals surface area contributed by atoms with Gasteiger partial charge in [0.05, 0.1) is 5.56 Å². The summed E-state index contributed by atoms with van der Waals surface area (Å²) in [5.41, 5.74) is 1.46. The van der Waals surface area contributed by atoms with E-state index < -0.39 is 0 Å². The smallest absolute Gasteiger partial charge is 0.162 e. The van der Waals surface area contributed by atoms with Crippen LogP contribution < -0.4 is 0 Å². The van der Waals surface area contributed by atoms with Crippen LogP contribution in [0.3, 0.4) is 0 Å². The van der Waals surface area contributed by atoms with Gasteiger partial charge in [-0.3, -0.25) is 9.59 Å². The molecule has 1 fully saturated rings. The summed E-state index contributed by atoms with van der Waals surface area (Å²) in [7, 11) is 0. The van der Waals surface area contributed by atoms with Gasteiger partial charge in [0.1, 0.15) is 11.5 Å². The Kier molecular flexibility index (Phi) is 6.50. The Morgan fingerprint density at radius 1 is 1.37 bits per heavy atom. The highest BCUT2D eigenvalue weighted by Gasteiger charge is 2.36. The van der Waals surface area contributed by atoms with Gasteiger partial charge in [-0.25, -0.2) is 0 Å². The second-order valence-corrected chi connectivity index (χ2v) is 8.78. The molecule has 2 unspecified atom stereocenters. The molecule has 0 aliphatic heterocycles. The van der Waals surface area contributed by atoms with E-state index in [4.69, 9.17) is 0 Å². The number of phenols is 2. The Morgan fingerprint density at radius 3 is 2.63 bits per heavy atom. The maximum absolute atomic E-state index is 12.6. The standard InChI is InChI=1S/C23H32O4/c1-14-7-6-10-23(4,5)19(14)9-8-15(2)20(25)12-17-21(26)11-16(3)18(13-24)22(17)27/h11,13-14,19,26-27H,2,6-10,12H2,1,3-5H3. The molecule has 0 bridgehead atoms. The number of ketones is 1. The number of allylic oxidation sites excluding steroid dienone is 1. The van der Waals surface area contributed by atoms with Crippen molar-refractivity contribution in [3.8, 4) is 11.5 Å². The third-order valence-corrected chi connectivity index (χ3v) is 6.41. The van der Waals surface area contributed by atoms with Gasteiger partial charge < -0.3 is 10.2 Å². The van der Waals surface area contributed by atoms with Gasteiger partial charge in [0.15, 0.2) is 12.1 Å². The Balaban J connectivity index is 2.06. The van der Waals surface area contributed by atoms with E-state index in [1.165, 1.54) is 25.3 Å². The topological polar surface area (TPSA) is 74.6 Å². The van der Waals surface area contributed by atoms with Gasteiger partial charge in [0, 0.05) is 12.0 Å². The van der Waals surface area contributed by atoms with Gasteiger partial charge >= 0.3 is 0 Å². The molecule has 4 heteroatoms. The molecule has 1 aliphatic carbocycles. The van der Waals surface area contributed by atoms with E-state index in [0.717, 1.165) is 6.42 Å². The third kappa shape index (κ3) is 4.60. The van der Waals surface area contributed by atoms with Crippen LogP contribution in [0.2, 0.25) is 0 Å². The molecule has 1 aliphatic rings. The molecule has 148 valence electrons. The molecule has 2 N–H and O–H groups in total. The number of phenolic OH excluding ortho intramolecular Hbond substituents is 2. The van der Waals surface area contributed by atoms with E-state index in [0.29, 0.717) is 35.7 Å². The van der Waals surface area contributed by atoms with Crippen molar-refractivity contribution in [1.82, 2.24) is 0 Å². The number of rotatable bonds is 7. The molecule has 4 nitrogen and oxygen atoms in total. The number of carbonyl (C=O) groups is 2. The summed E-state index contributed by atoms with van der Waals surface area (Å²) in [6, 6.07) is 1.40. The second-order valence-electron chi connectivity index (χ2n) is 8.78. The number of hydrogen-bond donors (Lipinski definition) is 2. The first-order valence-electron chi connectivity index (χ1n) is 9.79. The normalized spacial score (nSPS) is 21.6. The Labute approximate surface area is 162 Å². The van der Waals surface area contributed by atoms with Crippen LogP contribution in [-0.2, 0) is 11.2 Å². The monoisotopic (exact) mass is 372 g/mol. The van der Waals surface area contributed by atoms with E-state index in [-0.39, 0.29) is 40.2 Å². The van der Waals surface area contributed by atoms with Crippen molar-refractivity contribution in [2.75, 3.05) is 0 Å². The number of benzene rings is 1. The van der Waals surface area contributed by atoms with Crippen molar-refractivity contribution in [1.29, 1.82) is 0 Å². The molecular weight excluding hydrogens is 340 g/mol. The van der Waals surface area contributed by atoms with Crippen molar-refractivity contribution < 1.29 is 19.8 Å². The zero-order valence-corrected chi connectivity index (χ0v) is 17.0. The minimum atomic E-state index is -0.314. The fourth-order valence-corrected chi connectivity index (χ4v) is 4.63. The maximum atomic E-state index is 12.6. The number of carbonyl (C=O) groups excluding carboxylic acids is 2. The van der Waals surface area contributed by atoms with Crippen LogP contribution in [0.25, 0.3) is 0 Å². The molecule has 1 saturated carbocycles. The van der Waals surface area contributed by atoms with Crippen molar-refractivity contribution >= 4 is 12.1 Å². The molecule has 0 radical (unpaired) electrons. The van der Waals surface area contributed by atoms with E-state index in [1.807, 2.05) is 0 Å². The first-order valence-corrected chi connectivity index (χ1v) is 9.79. The third-order valence-electron chi connectivity index (χ3n) is 6.41. The average Bonchev–Trinajstić information content (AvgIpc) is 2.57. The van der Waals surface area contributed by atoms with Crippen LogP contribution in [0, 0.1) is 24.2 Å². The number of hydrogen-bond acceptors (Lipinski definition) is 4. The van der Waals surface area contributed by atoms with Crippen molar-refractivity contribution in [3.05, 3.63) is 34.9 Å².